The predicted molar refractivity (Wildman–Crippen MR) is 101 cm³/mol. The second-order valence-corrected chi connectivity index (χ2v) is 7.11. The summed E-state index contributed by atoms with van der Waals surface area (Å²) in [7, 11) is 0. The zero-order valence-electron chi connectivity index (χ0n) is 15.7. The number of nitrogens with zero attached hydrogens (tertiary/aromatic N) is 4. The summed E-state index contributed by atoms with van der Waals surface area (Å²) in [5.74, 6) is -4.92. The first-order valence-corrected chi connectivity index (χ1v) is 9.12. The van der Waals surface area contributed by atoms with Crippen LogP contribution in [0.4, 0.5) is 28.9 Å². The molecule has 3 rings (SSSR count). The molecule has 1 aliphatic carbocycles. The minimum Gasteiger partial charge on any atom is -0.487 e. The zero-order valence-corrected chi connectivity index (χ0v) is 15.7. The molecule has 13 heteroatoms. The number of benzene rings is 1. The van der Waals surface area contributed by atoms with Crippen molar-refractivity contribution < 1.29 is 27.2 Å². The maximum absolute atomic E-state index is 13.2. The highest BCUT2D eigenvalue weighted by atomic mass is 19.3. The third-order valence-corrected chi connectivity index (χ3v) is 4.95. The third kappa shape index (κ3) is 4.24. The van der Waals surface area contributed by atoms with Gasteiger partial charge in [-0.05, 0) is 25.7 Å². The molecule has 0 bridgehead atoms. The van der Waals surface area contributed by atoms with Crippen molar-refractivity contribution in [1.82, 2.24) is 0 Å². The van der Waals surface area contributed by atoms with Gasteiger partial charge in [0.25, 0.3) is 5.69 Å². The summed E-state index contributed by atoms with van der Waals surface area (Å²) in [6.07, 6.45) is -0.339. The van der Waals surface area contributed by atoms with Gasteiger partial charge in [-0.15, -0.1) is 0 Å². The number of anilines is 1. The molecule has 0 amide bonds. The summed E-state index contributed by atoms with van der Waals surface area (Å²) < 4.78 is 56.1. The Balaban J connectivity index is 2.02. The monoisotopic (exact) mass is 432 g/mol. The summed E-state index contributed by atoms with van der Waals surface area (Å²) in [5, 5.41) is 11.4. The van der Waals surface area contributed by atoms with Gasteiger partial charge in [0.1, 0.15) is 11.4 Å². The molecule has 4 N–H and O–H groups in total. The van der Waals surface area contributed by atoms with Crippen LogP contribution >= 0.6 is 0 Å². The Morgan fingerprint density at radius 3 is 2.50 bits per heavy atom. The Bertz CT molecular complexity index is 886. The molecule has 0 aromatic heterocycles. The van der Waals surface area contributed by atoms with E-state index in [0.717, 1.165) is 31.4 Å². The highest BCUT2D eigenvalue weighted by molar-refractivity contribution is 6.05. The number of halogens is 4. The van der Waals surface area contributed by atoms with E-state index in [-0.39, 0.29) is 23.4 Å². The van der Waals surface area contributed by atoms with Gasteiger partial charge in [-0.3, -0.25) is 15.0 Å². The Kier molecular flexibility index (Phi) is 5.72. The molecule has 1 fully saturated rings. The summed E-state index contributed by atoms with van der Waals surface area (Å²) in [4.78, 5) is 20.4. The summed E-state index contributed by atoms with van der Waals surface area (Å²) in [6.45, 7) is -1.65. The van der Waals surface area contributed by atoms with E-state index < -0.39 is 35.2 Å². The van der Waals surface area contributed by atoms with Gasteiger partial charge in [-0.25, -0.2) is 13.8 Å². The normalized spacial score (nSPS) is 18.9. The molecule has 1 aromatic rings. The molecule has 0 saturated heterocycles. The van der Waals surface area contributed by atoms with Crippen LogP contribution < -0.4 is 21.1 Å². The van der Waals surface area contributed by atoms with Crippen LogP contribution in [0.3, 0.4) is 0 Å². The van der Waals surface area contributed by atoms with Gasteiger partial charge < -0.3 is 16.2 Å². The van der Waals surface area contributed by atoms with E-state index in [0.29, 0.717) is 12.8 Å². The largest absolute Gasteiger partial charge is 0.487 e. The Labute approximate surface area is 168 Å². The highest BCUT2D eigenvalue weighted by Gasteiger charge is 2.44. The fraction of sp³-hybridized carbons (Fsp3) is 0.529. The second kappa shape index (κ2) is 7.95. The van der Waals surface area contributed by atoms with E-state index in [1.165, 1.54) is 11.0 Å². The van der Waals surface area contributed by atoms with Crippen molar-refractivity contribution in [3.05, 3.63) is 28.3 Å². The van der Waals surface area contributed by atoms with Gasteiger partial charge in [-0.1, -0.05) is 6.42 Å². The van der Waals surface area contributed by atoms with E-state index >= 15 is 0 Å². The fourth-order valence-electron chi connectivity index (χ4n) is 3.62. The van der Waals surface area contributed by atoms with Crippen LogP contribution in [0.2, 0.25) is 0 Å². The van der Waals surface area contributed by atoms with Gasteiger partial charge in [0.2, 0.25) is 11.9 Å². The van der Waals surface area contributed by atoms with E-state index in [1.54, 1.807) is 0 Å². The first kappa shape index (κ1) is 21.6. The van der Waals surface area contributed by atoms with Gasteiger partial charge in [0, 0.05) is 12.1 Å². The summed E-state index contributed by atoms with van der Waals surface area (Å²) in [6, 6.07) is 3.23. The molecule has 2 aliphatic rings. The van der Waals surface area contributed by atoms with E-state index in [9.17, 15) is 27.7 Å². The molecule has 1 heterocycles. The van der Waals surface area contributed by atoms with Crippen molar-refractivity contribution in [1.29, 1.82) is 0 Å². The number of ether oxygens (including phenoxy) is 1. The molecule has 9 nitrogen and oxygen atoms in total. The van der Waals surface area contributed by atoms with Crippen molar-refractivity contribution in [3.63, 3.8) is 0 Å². The van der Waals surface area contributed by atoms with E-state index in [1.807, 2.05) is 0 Å². The smallest absolute Gasteiger partial charge is 0.340 e. The molecule has 1 aromatic carbocycles. The number of nitro benzene ring substituents is 1. The molecule has 0 atom stereocenters. The quantitative estimate of drug-likeness (QED) is 0.403. The molecule has 1 spiro atoms. The van der Waals surface area contributed by atoms with Crippen LogP contribution in [0.5, 0.6) is 5.75 Å². The van der Waals surface area contributed by atoms with Crippen LogP contribution in [0.15, 0.2) is 28.2 Å². The SMILES string of the molecule is NC1=NC2(CCCCC2)N(c2cc(OCC(F)(F)C(F)F)cc([N+](=O)[O-])c2)C(N)=N1. The number of hydrogen-bond donors (Lipinski definition) is 2. The predicted octanol–water partition coefficient (Wildman–Crippen LogP) is 2.98. The van der Waals surface area contributed by atoms with Crippen molar-refractivity contribution in [2.75, 3.05) is 11.5 Å². The number of guanidine groups is 2. The number of rotatable bonds is 6. The summed E-state index contributed by atoms with van der Waals surface area (Å²) in [5.41, 5.74) is 10.5. The average Bonchev–Trinajstić information content (AvgIpc) is 2.66. The van der Waals surface area contributed by atoms with Crippen molar-refractivity contribution in [2.24, 2.45) is 21.5 Å². The standard InChI is InChI=1S/C17H20F4N6O3/c18-13(19)17(20,21)9-30-12-7-10(6-11(8-12)27(28)29)26-15(23)24-14(22)25-16(26)4-2-1-3-5-16/h6-8,13H,1-5,9H2,(H4,22,23,24,25). The Morgan fingerprint density at radius 1 is 1.23 bits per heavy atom. The number of nitrogens with two attached hydrogens (primary N) is 2. The highest BCUT2D eigenvalue weighted by Crippen LogP contribution is 2.41. The average molecular weight is 432 g/mol. The third-order valence-electron chi connectivity index (χ3n) is 4.95. The maximum Gasteiger partial charge on any atom is 0.340 e. The lowest BCUT2D eigenvalue weighted by Crippen LogP contribution is -2.58. The molecular weight excluding hydrogens is 412 g/mol. The van der Waals surface area contributed by atoms with Crippen LogP contribution in [-0.2, 0) is 0 Å². The number of hydrogen-bond acceptors (Lipinski definition) is 8. The Morgan fingerprint density at radius 2 is 1.90 bits per heavy atom. The lowest BCUT2D eigenvalue weighted by atomic mass is 9.87. The zero-order chi connectivity index (χ0) is 22.1. The number of nitro groups is 1. The molecule has 164 valence electrons. The summed E-state index contributed by atoms with van der Waals surface area (Å²) >= 11 is 0. The second-order valence-electron chi connectivity index (χ2n) is 7.11. The molecule has 1 aliphatic heterocycles. The van der Waals surface area contributed by atoms with Crippen molar-refractivity contribution in [3.8, 4) is 5.75 Å². The van der Waals surface area contributed by atoms with Gasteiger partial charge in [-0.2, -0.15) is 13.8 Å². The first-order chi connectivity index (χ1) is 14.0. The van der Waals surface area contributed by atoms with Crippen molar-refractivity contribution in [2.45, 2.75) is 50.1 Å². The fourth-order valence-corrected chi connectivity index (χ4v) is 3.62. The van der Waals surface area contributed by atoms with Crippen LogP contribution in [0.1, 0.15) is 32.1 Å². The number of non-ortho nitro benzene ring substituents is 1. The van der Waals surface area contributed by atoms with Gasteiger partial charge in [0.15, 0.2) is 6.61 Å². The topological polar surface area (TPSA) is 132 Å². The minimum absolute atomic E-state index is 0.0378. The van der Waals surface area contributed by atoms with E-state index in [4.69, 9.17) is 16.2 Å². The van der Waals surface area contributed by atoms with Crippen LogP contribution in [-0.4, -0.2) is 41.5 Å². The molecule has 1 saturated carbocycles. The van der Waals surface area contributed by atoms with Gasteiger partial charge >= 0.3 is 12.3 Å². The molecular formula is C17H20F4N6O3. The maximum atomic E-state index is 13.2. The number of aliphatic imine (C=N–C) groups is 2. The first-order valence-electron chi connectivity index (χ1n) is 9.12. The lowest BCUT2D eigenvalue weighted by Gasteiger charge is -2.45. The number of alkyl halides is 4. The van der Waals surface area contributed by atoms with Crippen molar-refractivity contribution >= 4 is 23.3 Å². The minimum atomic E-state index is -4.42. The Hall–Kier alpha value is -3.12. The van der Waals surface area contributed by atoms with Gasteiger partial charge in [0.05, 0.1) is 16.7 Å². The molecule has 30 heavy (non-hydrogen) atoms. The molecule has 0 radical (unpaired) electrons. The van der Waals surface area contributed by atoms with Crippen LogP contribution in [0.25, 0.3) is 0 Å². The van der Waals surface area contributed by atoms with E-state index in [2.05, 4.69) is 9.98 Å². The van der Waals surface area contributed by atoms with Crippen LogP contribution in [0, 0.1) is 10.1 Å². The lowest BCUT2D eigenvalue weighted by molar-refractivity contribution is -0.384. The molecule has 0 unspecified atom stereocenters.